The maximum atomic E-state index is 14.7. The molecule has 0 fully saturated rings. The Kier molecular flexibility index (Phi) is 11.8. The molecule has 0 aliphatic carbocycles. The lowest BCUT2D eigenvalue weighted by Crippen LogP contribution is -2.42. The maximum absolute atomic E-state index is 14.7. The molecule has 5 rings (SSSR count). The van der Waals surface area contributed by atoms with Gasteiger partial charge in [0.2, 0.25) is 11.8 Å². The first-order chi connectivity index (χ1) is 23.5. The van der Waals surface area contributed by atoms with Gasteiger partial charge in [-0.15, -0.1) is 0 Å². The second-order valence-electron chi connectivity index (χ2n) is 11.8. The number of nitrogens with two attached hydrogens (primary N) is 1. The van der Waals surface area contributed by atoms with E-state index in [0.717, 1.165) is 10.9 Å². The molecular weight excluding hydrogens is 651 g/mol. The molecule has 0 amide bonds. The third kappa shape index (κ3) is 9.31. The first kappa shape index (κ1) is 35.7. The number of ether oxygens (including phenoxy) is 3. The summed E-state index contributed by atoms with van der Waals surface area (Å²) < 4.78 is 45.5. The number of hydrogen-bond acceptors (Lipinski definition) is 12. The number of nitrogens with zero attached hydrogens (tertiary/aromatic N) is 4. The van der Waals surface area contributed by atoms with Gasteiger partial charge in [0.05, 0.1) is 32.3 Å². The number of esters is 1. The van der Waals surface area contributed by atoms with E-state index in [2.05, 4.69) is 20.0 Å². The van der Waals surface area contributed by atoms with Crippen molar-refractivity contribution in [1.82, 2.24) is 24.6 Å². The number of methoxy groups -OCH3 is 1. The fourth-order valence-corrected chi connectivity index (χ4v) is 6.77. The molecule has 3 aromatic carbocycles. The Bertz CT molecular complexity index is 1900. The first-order valence-corrected chi connectivity index (χ1v) is 17.3. The molecule has 0 aliphatic rings. The van der Waals surface area contributed by atoms with Crippen molar-refractivity contribution in [2.75, 3.05) is 19.5 Å². The van der Waals surface area contributed by atoms with Crippen molar-refractivity contribution in [3.8, 4) is 11.6 Å². The highest BCUT2D eigenvalue weighted by Crippen LogP contribution is 2.47. The van der Waals surface area contributed by atoms with Crippen molar-refractivity contribution in [3.63, 3.8) is 0 Å². The molecule has 0 saturated carbocycles. The zero-order chi connectivity index (χ0) is 35.0. The number of fused-ring (bicyclic) bond motifs is 2. The van der Waals surface area contributed by atoms with Gasteiger partial charge >= 0.3 is 13.7 Å². The second-order valence-corrected chi connectivity index (χ2v) is 13.5. The minimum atomic E-state index is -4.33. The minimum Gasteiger partial charge on any atom is -0.479 e. The Balaban J connectivity index is 1.38. The summed E-state index contributed by atoms with van der Waals surface area (Å²) in [7, 11) is -2.88. The van der Waals surface area contributed by atoms with Crippen LogP contribution in [0.1, 0.15) is 32.8 Å². The highest BCUT2D eigenvalue weighted by Gasteiger charge is 2.37. The highest BCUT2D eigenvalue weighted by molar-refractivity contribution is 7.52. The average Bonchev–Trinajstić information content (AvgIpc) is 3.50. The lowest BCUT2D eigenvalue weighted by molar-refractivity contribution is -0.148. The summed E-state index contributed by atoms with van der Waals surface area (Å²) in [5, 5.41) is 14.7. The van der Waals surface area contributed by atoms with Crippen LogP contribution in [0.25, 0.3) is 21.9 Å². The Morgan fingerprint density at radius 1 is 1.02 bits per heavy atom. The number of benzene rings is 3. The van der Waals surface area contributed by atoms with E-state index in [-0.39, 0.29) is 49.9 Å². The molecular formula is C34H41N6O8P. The lowest BCUT2D eigenvalue weighted by atomic mass is 10.1. The normalized spacial score (nSPS) is 14.7. The van der Waals surface area contributed by atoms with Crippen molar-refractivity contribution in [2.24, 2.45) is 5.92 Å². The molecule has 0 bridgehead atoms. The smallest absolute Gasteiger partial charge is 0.459 e. The molecule has 4 atom stereocenters. The van der Waals surface area contributed by atoms with Crippen LogP contribution in [0.2, 0.25) is 0 Å². The topological polar surface area (TPSA) is 182 Å². The Labute approximate surface area is 284 Å². The summed E-state index contributed by atoms with van der Waals surface area (Å²) in [6, 6.07) is 21.0. The number of aliphatic hydroxyl groups is 1. The van der Waals surface area contributed by atoms with Gasteiger partial charge in [-0.2, -0.15) is 15.1 Å². The van der Waals surface area contributed by atoms with Crippen LogP contribution in [0.15, 0.2) is 79.1 Å². The number of nitrogen functional groups attached to an aromatic ring is 1. The molecule has 15 heteroatoms. The highest BCUT2D eigenvalue weighted by atomic mass is 31.2. The summed E-state index contributed by atoms with van der Waals surface area (Å²) in [6.07, 6.45) is 0.0289. The molecule has 0 radical (unpaired) electrons. The number of imidazole rings is 1. The van der Waals surface area contributed by atoms with E-state index in [1.165, 1.54) is 13.4 Å². The number of nitrogens with one attached hydrogen (secondary N) is 1. The quantitative estimate of drug-likeness (QED) is 0.0850. The Morgan fingerprint density at radius 3 is 2.49 bits per heavy atom. The van der Waals surface area contributed by atoms with Crippen LogP contribution in [0, 0.1) is 5.92 Å². The standard InChI is InChI=1S/C34H41N6O8P/c1-22(2)29(33(42)45-18-24-11-6-5-7-12-24)39-49(43,48-28-16-10-14-25-13-8-9-15-27(25)28)47-19-26(17-23(3)41)46-21-40-20-36-30-31(40)37-34(35)38-32(30)44-4/h5-16,20,22-23,26,29,41H,17-19,21H2,1-4H3,(H,39,43)(H2,35,37,38)/t23?,26-,29-,49?/m0/s1. The summed E-state index contributed by atoms with van der Waals surface area (Å²) in [4.78, 5) is 26.0. The largest absolute Gasteiger partial charge is 0.479 e. The van der Waals surface area contributed by atoms with Crippen molar-refractivity contribution in [1.29, 1.82) is 0 Å². The average molecular weight is 693 g/mol. The van der Waals surface area contributed by atoms with Crippen molar-refractivity contribution in [3.05, 3.63) is 84.7 Å². The van der Waals surface area contributed by atoms with Gasteiger partial charge in [0.25, 0.3) is 0 Å². The molecule has 2 aromatic heterocycles. The molecule has 4 N–H and O–H groups in total. The summed E-state index contributed by atoms with van der Waals surface area (Å²) in [5.41, 5.74) is 7.42. The van der Waals surface area contributed by atoms with Crippen LogP contribution in [-0.4, -0.2) is 62.6 Å². The second kappa shape index (κ2) is 16.2. The van der Waals surface area contributed by atoms with Crippen molar-refractivity contribution in [2.45, 2.75) is 58.8 Å². The van der Waals surface area contributed by atoms with Gasteiger partial charge < -0.3 is 29.6 Å². The predicted octanol–water partition coefficient (Wildman–Crippen LogP) is 5.25. The number of carbonyl (C=O) groups is 1. The third-order valence-corrected chi connectivity index (χ3v) is 9.06. The summed E-state index contributed by atoms with van der Waals surface area (Å²) in [6.45, 7) is 4.88. The monoisotopic (exact) mass is 692 g/mol. The molecule has 2 unspecified atom stereocenters. The number of anilines is 1. The van der Waals surface area contributed by atoms with E-state index < -0.39 is 32.0 Å². The van der Waals surface area contributed by atoms with Crippen molar-refractivity contribution < 1.29 is 37.7 Å². The molecule has 0 spiro atoms. The summed E-state index contributed by atoms with van der Waals surface area (Å²) in [5.74, 6) is -0.483. The van der Waals surface area contributed by atoms with Crippen LogP contribution >= 0.6 is 7.75 Å². The van der Waals surface area contributed by atoms with E-state index in [9.17, 15) is 14.5 Å². The van der Waals surface area contributed by atoms with Crippen LogP contribution in [-0.2, 0) is 36.7 Å². The summed E-state index contributed by atoms with van der Waals surface area (Å²) >= 11 is 0. The number of aromatic nitrogens is 4. The molecule has 14 nitrogen and oxygen atoms in total. The third-order valence-electron chi connectivity index (χ3n) is 7.54. The van der Waals surface area contributed by atoms with Crippen LogP contribution in [0.3, 0.4) is 0 Å². The van der Waals surface area contributed by atoms with Gasteiger partial charge in [0.1, 0.15) is 25.1 Å². The van der Waals surface area contributed by atoms with Crippen LogP contribution in [0.5, 0.6) is 11.6 Å². The Hall–Kier alpha value is -4.59. The van der Waals surface area contributed by atoms with Crippen LogP contribution < -0.4 is 20.1 Å². The van der Waals surface area contributed by atoms with Gasteiger partial charge in [-0.25, -0.2) is 9.55 Å². The zero-order valence-corrected chi connectivity index (χ0v) is 28.7. The van der Waals surface area contributed by atoms with E-state index in [1.807, 2.05) is 60.7 Å². The molecule has 0 aliphatic heterocycles. The van der Waals surface area contributed by atoms with E-state index >= 15 is 0 Å². The molecule has 2 heterocycles. The van der Waals surface area contributed by atoms with E-state index in [1.54, 1.807) is 37.5 Å². The number of rotatable bonds is 17. The maximum Gasteiger partial charge on any atom is 0.459 e. The van der Waals surface area contributed by atoms with E-state index in [4.69, 9.17) is 29.0 Å². The molecule has 260 valence electrons. The SMILES string of the molecule is COc1nc(N)nc2c1ncn2CO[C@H](COP(=O)(N[C@H](C(=O)OCc1ccccc1)C(C)C)Oc1cccc2ccccc12)CC(C)O. The van der Waals surface area contributed by atoms with Gasteiger partial charge in [-0.3, -0.25) is 13.9 Å². The number of aliphatic hydroxyl groups excluding tert-OH is 1. The van der Waals surface area contributed by atoms with Gasteiger partial charge in [0, 0.05) is 11.8 Å². The number of carbonyl (C=O) groups excluding carboxylic acids is 1. The van der Waals surface area contributed by atoms with Crippen LogP contribution in [0.4, 0.5) is 5.95 Å². The molecule has 5 aromatic rings. The minimum absolute atomic E-state index is 0.00503. The van der Waals surface area contributed by atoms with Crippen molar-refractivity contribution >= 4 is 41.6 Å². The molecule has 0 saturated heterocycles. The Morgan fingerprint density at radius 2 is 1.76 bits per heavy atom. The fraction of sp³-hybridized carbons (Fsp3) is 0.353. The van der Waals surface area contributed by atoms with Gasteiger partial charge in [0.15, 0.2) is 11.2 Å². The van der Waals surface area contributed by atoms with Gasteiger partial charge in [-0.05, 0) is 29.9 Å². The van der Waals surface area contributed by atoms with Gasteiger partial charge in [-0.1, -0.05) is 80.6 Å². The zero-order valence-electron chi connectivity index (χ0n) is 27.8. The number of hydrogen-bond donors (Lipinski definition) is 3. The predicted molar refractivity (Wildman–Crippen MR) is 184 cm³/mol. The lowest BCUT2D eigenvalue weighted by Gasteiger charge is -2.28. The fourth-order valence-electron chi connectivity index (χ4n) is 5.06. The van der Waals surface area contributed by atoms with E-state index in [0.29, 0.717) is 16.6 Å². The molecule has 49 heavy (non-hydrogen) atoms. The first-order valence-electron chi connectivity index (χ1n) is 15.8.